The summed E-state index contributed by atoms with van der Waals surface area (Å²) in [7, 11) is 0. The van der Waals surface area contributed by atoms with Gasteiger partial charge in [-0.3, -0.25) is 4.79 Å². The molecule has 1 aromatic carbocycles. The quantitative estimate of drug-likeness (QED) is 0.715. The maximum atomic E-state index is 12.7. The molecule has 0 aliphatic carbocycles. The number of halogens is 1. The summed E-state index contributed by atoms with van der Waals surface area (Å²) in [4.78, 5) is 14.9. The summed E-state index contributed by atoms with van der Waals surface area (Å²) in [5, 5.41) is 16.2. The summed E-state index contributed by atoms with van der Waals surface area (Å²) >= 11 is 6.04. The molecule has 0 radical (unpaired) electrons. The van der Waals surface area contributed by atoms with Crippen molar-refractivity contribution in [2.75, 3.05) is 18.0 Å². The highest BCUT2D eigenvalue weighted by atomic mass is 35.5. The number of anilines is 1. The number of amides is 1. The Morgan fingerprint density at radius 2 is 2.11 bits per heavy atom. The third-order valence-corrected chi connectivity index (χ3v) is 5.39. The first-order chi connectivity index (χ1) is 13.6. The SMILES string of the molecule is C[C@@H](Cc1cccc(Cl)c1)NC(=O)C1CCN(c2ccc3nncn3n2)CC1. The fraction of sp³-hybridized carbons (Fsp3) is 0.400. The lowest BCUT2D eigenvalue weighted by Gasteiger charge is -2.32. The number of carbonyl (C=O) groups is 1. The van der Waals surface area contributed by atoms with Crippen LogP contribution in [0.4, 0.5) is 5.82 Å². The van der Waals surface area contributed by atoms with Crippen molar-refractivity contribution in [3.8, 4) is 0 Å². The fourth-order valence-corrected chi connectivity index (χ4v) is 3.90. The van der Waals surface area contributed by atoms with Gasteiger partial charge in [0.15, 0.2) is 5.65 Å². The Kier molecular flexibility index (Phi) is 5.43. The van der Waals surface area contributed by atoms with E-state index < -0.39 is 0 Å². The van der Waals surface area contributed by atoms with Crippen molar-refractivity contribution in [1.29, 1.82) is 0 Å². The van der Waals surface area contributed by atoms with Crippen molar-refractivity contribution in [2.24, 2.45) is 5.92 Å². The molecule has 1 N–H and O–H groups in total. The van der Waals surface area contributed by atoms with Crippen molar-refractivity contribution in [3.63, 3.8) is 0 Å². The standard InChI is InChI=1S/C20H23ClN6O/c1-14(11-15-3-2-4-17(21)12-15)23-20(28)16-7-9-26(10-8-16)19-6-5-18-24-22-13-27(18)25-19/h2-6,12-14,16H,7-11H2,1H3,(H,23,28)/t14-/m0/s1. The molecule has 0 unspecified atom stereocenters. The fourth-order valence-electron chi connectivity index (χ4n) is 3.69. The molecule has 3 aromatic rings. The van der Waals surface area contributed by atoms with Crippen LogP contribution in [0.5, 0.6) is 0 Å². The minimum absolute atomic E-state index is 0.0386. The number of benzene rings is 1. The second kappa shape index (κ2) is 8.14. The number of hydrogen-bond donors (Lipinski definition) is 1. The van der Waals surface area contributed by atoms with Crippen LogP contribution in [-0.4, -0.2) is 44.8 Å². The van der Waals surface area contributed by atoms with Gasteiger partial charge in [-0.15, -0.1) is 15.3 Å². The Balaban J connectivity index is 1.29. The second-order valence-corrected chi connectivity index (χ2v) is 7.77. The molecule has 1 atom stereocenters. The molecule has 0 saturated carbocycles. The maximum Gasteiger partial charge on any atom is 0.223 e. The predicted molar refractivity (Wildman–Crippen MR) is 108 cm³/mol. The van der Waals surface area contributed by atoms with Gasteiger partial charge in [-0.2, -0.15) is 4.52 Å². The summed E-state index contributed by atoms with van der Waals surface area (Å²) in [5.74, 6) is 1.06. The zero-order valence-corrected chi connectivity index (χ0v) is 16.5. The minimum Gasteiger partial charge on any atom is -0.355 e. The Morgan fingerprint density at radius 3 is 2.89 bits per heavy atom. The zero-order valence-electron chi connectivity index (χ0n) is 15.8. The molecule has 3 heterocycles. The highest BCUT2D eigenvalue weighted by Crippen LogP contribution is 2.22. The van der Waals surface area contributed by atoms with Crippen LogP contribution >= 0.6 is 11.6 Å². The van der Waals surface area contributed by atoms with E-state index in [0.29, 0.717) is 0 Å². The smallest absolute Gasteiger partial charge is 0.223 e. The van der Waals surface area contributed by atoms with Gasteiger partial charge in [0.25, 0.3) is 0 Å². The average molecular weight is 399 g/mol. The molecular weight excluding hydrogens is 376 g/mol. The molecule has 1 amide bonds. The van der Waals surface area contributed by atoms with E-state index in [-0.39, 0.29) is 17.9 Å². The average Bonchev–Trinajstić information content (AvgIpc) is 3.16. The van der Waals surface area contributed by atoms with Gasteiger partial charge in [0.05, 0.1) is 0 Å². The van der Waals surface area contributed by atoms with Crippen molar-refractivity contribution in [1.82, 2.24) is 25.1 Å². The normalized spacial score (nSPS) is 16.3. The van der Waals surface area contributed by atoms with Crippen LogP contribution in [0.1, 0.15) is 25.3 Å². The lowest BCUT2D eigenvalue weighted by atomic mass is 9.95. The molecular formula is C20H23ClN6O. The third kappa shape index (κ3) is 4.25. The number of nitrogens with zero attached hydrogens (tertiary/aromatic N) is 5. The van der Waals surface area contributed by atoms with Gasteiger partial charge in [0, 0.05) is 30.1 Å². The molecule has 1 saturated heterocycles. The highest BCUT2D eigenvalue weighted by molar-refractivity contribution is 6.30. The summed E-state index contributed by atoms with van der Waals surface area (Å²) in [5.41, 5.74) is 1.86. The van der Waals surface area contributed by atoms with Crippen LogP contribution in [-0.2, 0) is 11.2 Å². The largest absolute Gasteiger partial charge is 0.355 e. The first-order valence-corrected chi connectivity index (χ1v) is 9.93. The van der Waals surface area contributed by atoms with Crippen molar-refractivity contribution in [2.45, 2.75) is 32.2 Å². The summed E-state index contributed by atoms with van der Waals surface area (Å²) in [6, 6.07) is 11.7. The van der Waals surface area contributed by atoms with E-state index in [4.69, 9.17) is 11.6 Å². The van der Waals surface area contributed by atoms with Crippen LogP contribution in [0.2, 0.25) is 5.02 Å². The molecule has 4 rings (SSSR count). The maximum absolute atomic E-state index is 12.7. The first kappa shape index (κ1) is 18.7. The number of carbonyl (C=O) groups excluding carboxylic acids is 1. The van der Waals surface area contributed by atoms with Crippen LogP contribution in [0.15, 0.2) is 42.7 Å². The van der Waals surface area contributed by atoms with Gasteiger partial charge in [0.2, 0.25) is 5.91 Å². The lowest BCUT2D eigenvalue weighted by molar-refractivity contribution is -0.126. The van der Waals surface area contributed by atoms with E-state index in [2.05, 4.69) is 25.5 Å². The molecule has 7 nitrogen and oxygen atoms in total. The summed E-state index contributed by atoms with van der Waals surface area (Å²) in [6.45, 7) is 3.65. The Bertz CT molecular complexity index is 966. The number of fused-ring (bicyclic) bond motifs is 1. The van der Waals surface area contributed by atoms with Gasteiger partial charge in [-0.05, 0) is 56.0 Å². The van der Waals surface area contributed by atoms with E-state index >= 15 is 0 Å². The molecule has 0 spiro atoms. The molecule has 0 bridgehead atoms. The third-order valence-electron chi connectivity index (χ3n) is 5.16. The summed E-state index contributed by atoms with van der Waals surface area (Å²) < 4.78 is 1.67. The minimum atomic E-state index is 0.0386. The van der Waals surface area contributed by atoms with Gasteiger partial charge >= 0.3 is 0 Å². The molecule has 1 aliphatic rings. The van der Waals surface area contributed by atoms with Crippen molar-refractivity contribution >= 4 is 29.0 Å². The van der Waals surface area contributed by atoms with Crippen LogP contribution in [0, 0.1) is 5.92 Å². The first-order valence-electron chi connectivity index (χ1n) is 9.55. The van der Waals surface area contributed by atoms with Crippen molar-refractivity contribution < 1.29 is 4.79 Å². The Hall–Kier alpha value is -2.67. The van der Waals surface area contributed by atoms with E-state index in [0.717, 1.165) is 54.4 Å². The van der Waals surface area contributed by atoms with E-state index in [1.165, 1.54) is 0 Å². The van der Waals surface area contributed by atoms with E-state index in [1.54, 1.807) is 10.8 Å². The number of rotatable bonds is 5. The second-order valence-electron chi connectivity index (χ2n) is 7.33. The van der Waals surface area contributed by atoms with Crippen LogP contribution in [0.25, 0.3) is 5.65 Å². The molecule has 28 heavy (non-hydrogen) atoms. The van der Waals surface area contributed by atoms with Gasteiger partial charge < -0.3 is 10.2 Å². The van der Waals surface area contributed by atoms with Crippen LogP contribution < -0.4 is 10.2 Å². The highest BCUT2D eigenvalue weighted by Gasteiger charge is 2.26. The topological polar surface area (TPSA) is 75.4 Å². The molecule has 1 fully saturated rings. The zero-order chi connectivity index (χ0) is 19.5. The van der Waals surface area contributed by atoms with Gasteiger partial charge in [0.1, 0.15) is 12.1 Å². The Labute approximate surface area is 168 Å². The number of hydrogen-bond acceptors (Lipinski definition) is 5. The number of piperidine rings is 1. The molecule has 8 heteroatoms. The predicted octanol–water partition coefficient (Wildman–Crippen LogP) is 2.74. The summed E-state index contributed by atoms with van der Waals surface area (Å²) in [6.07, 6.45) is 4.00. The van der Waals surface area contributed by atoms with E-state index in [9.17, 15) is 4.79 Å². The van der Waals surface area contributed by atoms with Gasteiger partial charge in [-0.25, -0.2) is 0 Å². The molecule has 146 valence electrons. The van der Waals surface area contributed by atoms with Crippen LogP contribution in [0.3, 0.4) is 0 Å². The van der Waals surface area contributed by atoms with E-state index in [1.807, 2.05) is 43.3 Å². The Morgan fingerprint density at radius 1 is 1.29 bits per heavy atom. The number of nitrogens with one attached hydrogen (secondary N) is 1. The lowest BCUT2D eigenvalue weighted by Crippen LogP contribution is -2.44. The number of aromatic nitrogens is 4. The monoisotopic (exact) mass is 398 g/mol. The molecule has 1 aliphatic heterocycles. The van der Waals surface area contributed by atoms with Gasteiger partial charge in [-0.1, -0.05) is 23.7 Å². The van der Waals surface area contributed by atoms with Crippen molar-refractivity contribution in [3.05, 3.63) is 53.3 Å². The molecule has 2 aromatic heterocycles.